The molecule has 1 aromatic heterocycles. The monoisotopic (exact) mass is 335 g/mol. The molecule has 0 unspecified atom stereocenters. The zero-order valence-electron chi connectivity index (χ0n) is 13.0. The van der Waals surface area contributed by atoms with Gasteiger partial charge in [0.1, 0.15) is 5.75 Å². The third-order valence-corrected chi connectivity index (χ3v) is 4.40. The Hall–Kier alpha value is -2.78. The van der Waals surface area contributed by atoms with Crippen LogP contribution in [-0.2, 0) is 0 Å². The fourth-order valence-electron chi connectivity index (χ4n) is 3.03. The molecule has 0 fully saturated rings. The van der Waals surface area contributed by atoms with E-state index in [2.05, 4.69) is 4.57 Å². The minimum absolute atomic E-state index is 0.00661. The van der Waals surface area contributed by atoms with Crippen LogP contribution in [0.5, 0.6) is 5.75 Å². The van der Waals surface area contributed by atoms with Crippen molar-refractivity contribution in [2.24, 2.45) is 0 Å². The van der Waals surface area contributed by atoms with Gasteiger partial charge in [0, 0.05) is 21.5 Å². The van der Waals surface area contributed by atoms with Crippen LogP contribution in [0.25, 0.3) is 27.5 Å². The second-order valence-corrected chi connectivity index (χ2v) is 5.98. The Bertz CT molecular complexity index is 1110. The van der Waals surface area contributed by atoms with Gasteiger partial charge in [-0.25, -0.2) is 0 Å². The second kappa shape index (κ2) is 5.69. The highest BCUT2D eigenvalue weighted by molar-refractivity contribution is 6.31. The van der Waals surface area contributed by atoms with Crippen molar-refractivity contribution in [2.45, 2.75) is 0 Å². The maximum Gasteiger partial charge on any atom is 0.197 e. The predicted molar refractivity (Wildman–Crippen MR) is 98.6 cm³/mol. The van der Waals surface area contributed by atoms with Gasteiger partial charge >= 0.3 is 0 Å². The molecule has 0 saturated heterocycles. The largest absolute Gasteiger partial charge is 0.497 e. The number of benzene rings is 3. The van der Waals surface area contributed by atoms with E-state index in [9.17, 15) is 4.79 Å². The quantitative estimate of drug-likeness (QED) is 0.492. The van der Waals surface area contributed by atoms with Crippen molar-refractivity contribution in [1.82, 2.24) is 4.57 Å². The minimum atomic E-state index is -0.00661. The van der Waals surface area contributed by atoms with Crippen LogP contribution in [0.3, 0.4) is 0 Å². The first-order chi connectivity index (χ1) is 11.7. The van der Waals surface area contributed by atoms with E-state index in [0.29, 0.717) is 15.8 Å². The van der Waals surface area contributed by atoms with Crippen molar-refractivity contribution in [3.8, 4) is 11.4 Å². The number of fused-ring (bicyclic) bond motifs is 2. The normalized spacial score (nSPS) is 11.1. The highest BCUT2D eigenvalue weighted by Gasteiger charge is 2.12. The van der Waals surface area contributed by atoms with E-state index < -0.39 is 0 Å². The first kappa shape index (κ1) is 14.8. The van der Waals surface area contributed by atoms with Crippen molar-refractivity contribution < 1.29 is 4.74 Å². The van der Waals surface area contributed by atoms with Gasteiger partial charge in [-0.3, -0.25) is 4.79 Å². The molecule has 0 aliphatic carbocycles. The van der Waals surface area contributed by atoms with Gasteiger partial charge in [-0.1, -0.05) is 23.7 Å². The Labute approximate surface area is 143 Å². The molecule has 4 rings (SSSR count). The second-order valence-electron chi connectivity index (χ2n) is 5.54. The molecule has 4 heteroatoms. The molecule has 0 radical (unpaired) electrons. The highest BCUT2D eigenvalue weighted by atomic mass is 35.5. The summed E-state index contributed by atoms with van der Waals surface area (Å²) in [6.07, 6.45) is 0. The molecule has 0 bridgehead atoms. The number of rotatable bonds is 2. The first-order valence-electron chi connectivity index (χ1n) is 7.56. The number of hydrogen-bond acceptors (Lipinski definition) is 2. The van der Waals surface area contributed by atoms with Crippen LogP contribution in [0.15, 0.2) is 71.5 Å². The fraction of sp³-hybridized carbons (Fsp3) is 0.0500. The van der Waals surface area contributed by atoms with E-state index in [1.165, 1.54) is 0 Å². The van der Waals surface area contributed by atoms with Crippen LogP contribution in [0, 0.1) is 0 Å². The summed E-state index contributed by atoms with van der Waals surface area (Å²) in [5.41, 5.74) is 2.64. The van der Waals surface area contributed by atoms with E-state index in [1.54, 1.807) is 19.2 Å². The number of halogens is 1. The molecule has 0 N–H and O–H groups in total. The fourth-order valence-corrected chi connectivity index (χ4v) is 3.20. The number of ether oxygens (including phenoxy) is 1. The molecule has 4 aromatic rings. The lowest BCUT2D eigenvalue weighted by atomic mass is 10.1. The van der Waals surface area contributed by atoms with Crippen molar-refractivity contribution in [2.75, 3.05) is 7.11 Å². The number of aromatic nitrogens is 1. The van der Waals surface area contributed by atoms with E-state index in [0.717, 1.165) is 22.5 Å². The zero-order valence-corrected chi connectivity index (χ0v) is 13.7. The smallest absolute Gasteiger partial charge is 0.197 e. The van der Waals surface area contributed by atoms with Crippen LogP contribution in [0.1, 0.15) is 0 Å². The van der Waals surface area contributed by atoms with Crippen molar-refractivity contribution >= 4 is 33.4 Å². The lowest BCUT2D eigenvalue weighted by molar-refractivity contribution is 0.415. The molecule has 0 aliphatic rings. The van der Waals surface area contributed by atoms with Gasteiger partial charge in [0.25, 0.3) is 0 Å². The van der Waals surface area contributed by atoms with Crippen molar-refractivity contribution in [3.63, 3.8) is 0 Å². The number of nitrogens with zero attached hydrogens (tertiary/aromatic N) is 1. The predicted octanol–water partition coefficient (Wildman–Crippen LogP) is 4.81. The highest BCUT2D eigenvalue weighted by Crippen LogP contribution is 2.26. The van der Waals surface area contributed by atoms with E-state index in [4.69, 9.17) is 16.3 Å². The summed E-state index contributed by atoms with van der Waals surface area (Å²) in [5, 5.41) is 1.83. The molecule has 0 aliphatic heterocycles. The molecular formula is C20H14ClNO2. The van der Waals surface area contributed by atoms with Crippen LogP contribution >= 0.6 is 11.6 Å². The van der Waals surface area contributed by atoms with Crippen LogP contribution in [-0.4, -0.2) is 11.7 Å². The summed E-state index contributed by atoms with van der Waals surface area (Å²) in [7, 11) is 1.64. The molecule has 1 heterocycles. The van der Waals surface area contributed by atoms with Gasteiger partial charge in [0.15, 0.2) is 5.43 Å². The zero-order chi connectivity index (χ0) is 16.7. The SMILES string of the molecule is COc1ccc(-n2c3ccccc3c(=O)c3cc(Cl)ccc32)cc1. The maximum absolute atomic E-state index is 12.8. The molecule has 0 saturated carbocycles. The Morgan fingerprint density at radius 3 is 2.33 bits per heavy atom. The minimum Gasteiger partial charge on any atom is -0.497 e. The summed E-state index contributed by atoms with van der Waals surface area (Å²) >= 11 is 6.12. The van der Waals surface area contributed by atoms with Gasteiger partial charge in [-0.2, -0.15) is 0 Å². The lowest BCUT2D eigenvalue weighted by Crippen LogP contribution is -2.10. The van der Waals surface area contributed by atoms with Crippen molar-refractivity contribution in [1.29, 1.82) is 0 Å². The van der Waals surface area contributed by atoms with Gasteiger partial charge in [0.05, 0.1) is 18.1 Å². The molecule has 118 valence electrons. The van der Waals surface area contributed by atoms with Crippen LogP contribution in [0.2, 0.25) is 5.02 Å². The van der Waals surface area contributed by atoms with Gasteiger partial charge in [-0.15, -0.1) is 0 Å². The molecule has 3 nitrogen and oxygen atoms in total. The van der Waals surface area contributed by atoms with Crippen LogP contribution < -0.4 is 10.2 Å². The molecule has 0 amide bonds. The molecule has 0 spiro atoms. The lowest BCUT2D eigenvalue weighted by Gasteiger charge is -2.15. The molecule has 3 aromatic carbocycles. The number of methoxy groups -OCH3 is 1. The first-order valence-corrected chi connectivity index (χ1v) is 7.94. The number of pyridine rings is 1. The third-order valence-electron chi connectivity index (χ3n) is 4.16. The van der Waals surface area contributed by atoms with Gasteiger partial charge in [0.2, 0.25) is 0 Å². The Morgan fingerprint density at radius 1 is 0.875 bits per heavy atom. The Balaban J connectivity index is 2.18. The summed E-state index contributed by atoms with van der Waals surface area (Å²) in [6.45, 7) is 0. The topological polar surface area (TPSA) is 31.2 Å². The average molecular weight is 336 g/mol. The molecular weight excluding hydrogens is 322 g/mol. The van der Waals surface area contributed by atoms with Crippen LogP contribution in [0.4, 0.5) is 0 Å². The standard InChI is InChI=1S/C20H14ClNO2/c1-24-15-9-7-14(8-10-15)22-18-5-3-2-4-16(18)20(23)17-12-13(21)6-11-19(17)22/h2-12H,1H3. The Morgan fingerprint density at radius 2 is 1.58 bits per heavy atom. The molecule has 24 heavy (non-hydrogen) atoms. The summed E-state index contributed by atoms with van der Waals surface area (Å²) in [5.74, 6) is 0.788. The van der Waals surface area contributed by atoms with Crippen molar-refractivity contribution in [3.05, 3.63) is 82.0 Å². The number of para-hydroxylation sites is 1. The van der Waals surface area contributed by atoms with E-state index in [-0.39, 0.29) is 5.43 Å². The molecule has 0 atom stereocenters. The van der Waals surface area contributed by atoms with E-state index in [1.807, 2.05) is 54.6 Å². The summed E-state index contributed by atoms with van der Waals surface area (Å²) < 4.78 is 7.31. The maximum atomic E-state index is 12.8. The summed E-state index contributed by atoms with van der Waals surface area (Å²) in [6, 6.07) is 20.8. The summed E-state index contributed by atoms with van der Waals surface area (Å²) in [4.78, 5) is 12.8. The van der Waals surface area contributed by atoms with Gasteiger partial charge in [-0.05, 0) is 54.6 Å². The average Bonchev–Trinajstić information content (AvgIpc) is 2.63. The van der Waals surface area contributed by atoms with E-state index >= 15 is 0 Å². The van der Waals surface area contributed by atoms with Gasteiger partial charge < -0.3 is 9.30 Å². The number of hydrogen-bond donors (Lipinski definition) is 0. The Kier molecular flexibility index (Phi) is 3.51. The third kappa shape index (κ3) is 2.25.